The topological polar surface area (TPSA) is 64.3 Å². The van der Waals surface area contributed by atoms with Gasteiger partial charge in [-0.25, -0.2) is 4.79 Å². The molecule has 0 unspecified atom stereocenters. The van der Waals surface area contributed by atoms with Crippen LogP contribution in [0.5, 0.6) is 0 Å². The third-order valence-electron chi connectivity index (χ3n) is 1.99. The number of nitrogens with two attached hydrogens (primary N) is 1. The van der Waals surface area contributed by atoms with E-state index in [1.165, 1.54) is 0 Å². The first-order valence-electron chi connectivity index (χ1n) is 4.93. The summed E-state index contributed by atoms with van der Waals surface area (Å²) in [7, 11) is 1.78. The quantitative estimate of drug-likeness (QED) is 0.585. The highest BCUT2D eigenvalue weighted by molar-refractivity contribution is 5.91. The molecule has 15 heavy (non-hydrogen) atoms. The Kier molecular flexibility index (Phi) is 3.97. The van der Waals surface area contributed by atoms with E-state index in [-0.39, 0.29) is 5.97 Å². The van der Waals surface area contributed by atoms with Gasteiger partial charge in [0.1, 0.15) is 0 Å². The molecule has 0 radical (unpaired) electrons. The van der Waals surface area contributed by atoms with Gasteiger partial charge in [-0.1, -0.05) is 6.92 Å². The molecule has 0 aromatic heterocycles. The summed E-state index contributed by atoms with van der Waals surface area (Å²) in [4.78, 5) is 11.5. The Labute approximate surface area is 89.4 Å². The Bertz CT molecular complexity index is 350. The van der Waals surface area contributed by atoms with Crippen LogP contribution in [-0.4, -0.2) is 19.6 Å². The first-order chi connectivity index (χ1) is 7.19. The van der Waals surface area contributed by atoms with Crippen LogP contribution in [0.15, 0.2) is 18.2 Å². The van der Waals surface area contributed by atoms with Gasteiger partial charge in [0, 0.05) is 7.05 Å². The van der Waals surface area contributed by atoms with Crippen molar-refractivity contribution in [1.82, 2.24) is 0 Å². The number of rotatable bonds is 4. The van der Waals surface area contributed by atoms with Crippen molar-refractivity contribution < 1.29 is 9.53 Å². The molecule has 0 saturated carbocycles. The highest BCUT2D eigenvalue weighted by Gasteiger charge is 2.08. The minimum atomic E-state index is -0.328. The van der Waals surface area contributed by atoms with Gasteiger partial charge in [-0.2, -0.15) is 0 Å². The van der Waals surface area contributed by atoms with Crippen LogP contribution in [0, 0.1) is 0 Å². The number of carbonyl (C=O) groups is 1. The average molecular weight is 208 g/mol. The first-order valence-corrected chi connectivity index (χ1v) is 4.93. The van der Waals surface area contributed by atoms with Gasteiger partial charge in [0.25, 0.3) is 0 Å². The molecule has 82 valence electrons. The zero-order valence-corrected chi connectivity index (χ0v) is 9.04. The Morgan fingerprint density at radius 2 is 2.27 bits per heavy atom. The largest absolute Gasteiger partial charge is 0.462 e. The predicted molar refractivity (Wildman–Crippen MR) is 61.0 cm³/mol. The van der Waals surface area contributed by atoms with Gasteiger partial charge in [0.15, 0.2) is 0 Å². The second-order valence-electron chi connectivity index (χ2n) is 3.19. The molecule has 0 fully saturated rings. The number of esters is 1. The third kappa shape index (κ3) is 2.87. The van der Waals surface area contributed by atoms with Gasteiger partial charge in [-0.3, -0.25) is 0 Å². The van der Waals surface area contributed by atoms with E-state index in [0.717, 1.165) is 12.1 Å². The van der Waals surface area contributed by atoms with Gasteiger partial charge >= 0.3 is 5.97 Å². The van der Waals surface area contributed by atoms with E-state index in [1.54, 1.807) is 25.2 Å². The van der Waals surface area contributed by atoms with Crippen molar-refractivity contribution in [1.29, 1.82) is 0 Å². The van der Waals surface area contributed by atoms with Crippen LogP contribution in [0.3, 0.4) is 0 Å². The molecule has 0 aliphatic carbocycles. The summed E-state index contributed by atoms with van der Waals surface area (Å²) in [5.41, 5.74) is 7.57. The number of nitrogens with one attached hydrogen (secondary N) is 1. The molecule has 0 saturated heterocycles. The molecule has 1 aromatic carbocycles. The van der Waals surface area contributed by atoms with Crippen molar-refractivity contribution in [2.24, 2.45) is 0 Å². The van der Waals surface area contributed by atoms with Gasteiger partial charge in [-0.15, -0.1) is 0 Å². The zero-order valence-electron chi connectivity index (χ0n) is 9.04. The monoisotopic (exact) mass is 208 g/mol. The fraction of sp³-hybridized carbons (Fsp3) is 0.364. The van der Waals surface area contributed by atoms with E-state index < -0.39 is 0 Å². The van der Waals surface area contributed by atoms with Crippen LogP contribution in [0.4, 0.5) is 11.4 Å². The number of anilines is 2. The van der Waals surface area contributed by atoms with Crippen LogP contribution < -0.4 is 11.1 Å². The Balaban J connectivity index is 2.78. The summed E-state index contributed by atoms with van der Waals surface area (Å²) in [6.45, 7) is 2.39. The summed E-state index contributed by atoms with van der Waals surface area (Å²) in [6, 6.07) is 5.07. The summed E-state index contributed by atoms with van der Waals surface area (Å²) in [6.07, 6.45) is 0.815. The second kappa shape index (κ2) is 5.24. The smallest absolute Gasteiger partial charge is 0.338 e. The highest BCUT2D eigenvalue weighted by atomic mass is 16.5. The normalized spacial score (nSPS) is 9.73. The number of hydrogen-bond donors (Lipinski definition) is 2. The Hall–Kier alpha value is -1.71. The van der Waals surface area contributed by atoms with Crippen LogP contribution >= 0.6 is 0 Å². The highest BCUT2D eigenvalue weighted by Crippen LogP contribution is 2.19. The lowest BCUT2D eigenvalue weighted by Crippen LogP contribution is -2.07. The van der Waals surface area contributed by atoms with Crippen LogP contribution in [-0.2, 0) is 4.74 Å². The molecule has 0 aliphatic rings. The number of benzene rings is 1. The van der Waals surface area contributed by atoms with Crippen LogP contribution in [0.2, 0.25) is 0 Å². The van der Waals surface area contributed by atoms with Gasteiger partial charge in [0.2, 0.25) is 0 Å². The van der Waals surface area contributed by atoms with E-state index >= 15 is 0 Å². The van der Waals surface area contributed by atoms with Crippen molar-refractivity contribution in [2.45, 2.75) is 13.3 Å². The van der Waals surface area contributed by atoms with Crippen molar-refractivity contribution in [3.8, 4) is 0 Å². The summed E-state index contributed by atoms with van der Waals surface area (Å²) >= 11 is 0. The predicted octanol–water partition coefficient (Wildman–Crippen LogP) is 1.88. The number of ether oxygens (including phenoxy) is 1. The molecule has 4 nitrogen and oxygen atoms in total. The van der Waals surface area contributed by atoms with Crippen molar-refractivity contribution in [3.05, 3.63) is 23.8 Å². The van der Waals surface area contributed by atoms with Gasteiger partial charge in [-0.05, 0) is 24.6 Å². The van der Waals surface area contributed by atoms with E-state index in [2.05, 4.69) is 5.32 Å². The molecule has 0 amide bonds. The molecular formula is C11H16N2O2. The molecule has 0 aliphatic heterocycles. The van der Waals surface area contributed by atoms with E-state index in [1.807, 2.05) is 6.92 Å². The number of nitrogen functional groups attached to an aromatic ring is 1. The number of hydrogen-bond acceptors (Lipinski definition) is 4. The molecule has 0 bridgehead atoms. The molecule has 1 aromatic rings. The Morgan fingerprint density at radius 3 is 2.80 bits per heavy atom. The van der Waals surface area contributed by atoms with Gasteiger partial charge < -0.3 is 15.8 Å². The summed E-state index contributed by atoms with van der Waals surface area (Å²) in [5, 5.41) is 2.93. The first kappa shape index (κ1) is 11.4. The summed E-state index contributed by atoms with van der Waals surface area (Å²) < 4.78 is 4.99. The lowest BCUT2D eigenvalue weighted by molar-refractivity contribution is 0.0505. The van der Waals surface area contributed by atoms with E-state index in [9.17, 15) is 4.79 Å². The van der Waals surface area contributed by atoms with E-state index in [4.69, 9.17) is 10.5 Å². The molecule has 1 rings (SSSR count). The maximum Gasteiger partial charge on any atom is 0.338 e. The van der Waals surface area contributed by atoms with Crippen molar-refractivity contribution >= 4 is 17.3 Å². The maximum absolute atomic E-state index is 11.5. The molecule has 0 heterocycles. The van der Waals surface area contributed by atoms with Crippen LogP contribution in [0.25, 0.3) is 0 Å². The summed E-state index contributed by atoms with van der Waals surface area (Å²) in [5.74, 6) is -0.328. The fourth-order valence-electron chi connectivity index (χ4n) is 1.20. The minimum absolute atomic E-state index is 0.328. The van der Waals surface area contributed by atoms with Gasteiger partial charge in [0.05, 0.1) is 23.5 Å². The van der Waals surface area contributed by atoms with E-state index in [0.29, 0.717) is 17.9 Å². The molecule has 4 heteroatoms. The Morgan fingerprint density at radius 1 is 1.53 bits per heavy atom. The fourth-order valence-corrected chi connectivity index (χ4v) is 1.20. The molecule has 3 N–H and O–H groups in total. The van der Waals surface area contributed by atoms with Crippen molar-refractivity contribution in [3.63, 3.8) is 0 Å². The SMILES string of the molecule is CCCOC(=O)c1ccc(NC)c(N)c1. The van der Waals surface area contributed by atoms with Crippen molar-refractivity contribution in [2.75, 3.05) is 24.7 Å². The second-order valence-corrected chi connectivity index (χ2v) is 3.19. The third-order valence-corrected chi connectivity index (χ3v) is 1.99. The zero-order chi connectivity index (χ0) is 11.3. The molecule has 0 atom stereocenters. The molecular weight excluding hydrogens is 192 g/mol. The van der Waals surface area contributed by atoms with Crippen LogP contribution in [0.1, 0.15) is 23.7 Å². The molecule has 0 spiro atoms. The maximum atomic E-state index is 11.5. The lowest BCUT2D eigenvalue weighted by atomic mass is 10.2. The lowest BCUT2D eigenvalue weighted by Gasteiger charge is -2.07. The standard InChI is InChI=1S/C11H16N2O2/c1-3-6-15-11(14)8-4-5-10(13-2)9(12)7-8/h4-5,7,13H,3,6,12H2,1-2H3. The number of carbonyl (C=O) groups excluding carboxylic acids is 1. The average Bonchev–Trinajstić information content (AvgIpc) is 2.25. The minimum Gasteiger partial charge on any atom is -0.462 e.